The lowest BCUT2D eigenvalue weighted by atomic mass is 10.0. The fraction of sp³-hybridized carbons (Fsp3) is 0.571. The first kappa shape index (κ1) is 15.1. The van der Waals surface area contributed by atoms with Crippen LogP contribution in [0.3, 0.4) is 0 Å². The topological polar surface area (TPSA) is 76.1 Å². The molecule has 0 radical (unpaired) electrons. The molecule has 0 aliphatic carbocycles. The first-order chi connectivity index (χ1) is 8.69. The highest BCUT2D eigenvalue weighted by Gasteiger charge is 2.07. The van der Waals surface area contributed by atoms with Crippen molar-refractivity contribution in [2.75, 3.05) is 26.2 Å². The minimum atomic E-state index is 0.343. The Morgan fingerprint density at radius 1 is 0.833 bits per heavy atom. The smallest absolute Gasteiger partial charge is 0.0292 e. The van der Waals surface area contributed by atoms with E-state index in [1.54, 1.807) is 0 Å². The van der Waals surface area contributed by atoms with Gasteiger partial charge in [-0.15, -0.1) is 0 Å². The molecule has 0 aliphatic heterocycles. The lowest BCUT2D eigenvalue weighted by Gasteiger charge is -2.17. The third kappa shape index (κ3) is 4.74. The third-order valence-electron chi connectivity index (χ3n) is 3.13. The summed E-state index contributed by atoms with van der Waals surface area (Å²) >= 11 is 0. The first-order valence-electron chi connectivity index (χ1n) is 6.65. The van der Waals surface area contributed by atoms with E-state index >= 15 is 0 Å². The Morgan fingerprint density at radius 3 is 1.44 bits per heavy atom. The van der Waals surface area contributed by atoms with E-state index in [4.69, 9.17) is 11.5 Å². The van der Waals surface area contributed by atoms with Crippen molar-refractivity contribution >= 4 is 0 Å². The number of benzene rings is 1. The summed E-state index contributed by atoms with van der Waals surface area (Å²) in [5, 5.41) is 6.75. The number of hydrogen-bond acceptors (Lipinski definition) is 4. The molecule has 0 fully saturated rings. The summed E-state index contributed by atoms with van der Waals surface area (Å²) < 4.78 is 0. The highest BCUT2D eigenvalue weighted by Crippen LogP contribution is 2.17. The molecule has 1 aromatic rings. The molecule has 0 spiro atoms. The van der Waals surface area contributed by atoms with Crippen molar-refractivity contribution in [3.8, 4) is 0 Å². The molecule has 4 nitrogen and oxygen atoms in total. The van der Waals surface area contributed by atoms with Gasteiger partial charge in [0.15, 0.2) is 0 Å². The van der Waals surface area contributed by atoms with E-state index in [1.807, 2.05) is 0 Å². The maximum atomic E-state index is 5.48. The fourth-order valence-electron chi connectivity index (χ4n) is 1.91. The molecule has 0 saturated heterocycles. The first-order valence-corrected chi connectivity index (χ1v) is 6.65. The zero-order valence-corrected chi connectivity index (χ0v) is 11.4. The Hall–Kier alpha value is -0.940. The summed E-state index contributed by atoms with van der Waals surface area (Å²) in [6, 6.07) is 9.37. The van der Waals surface area contributed by atoms with Crippen LogP contribution in [-0.2, 0) is 0 Å². The molecule has 0 amide bonds. The van der Waals surface area contributed by atoms with Gasteiger partial charge in [0.2, 0.25) is 0 Å². The normalized spacial score (nSPS) is 14.4. The second kappa shape index (κ2) is 8.21. The van der Waals surface area contributed by atoms with Gasteiger partial charge in [-0.05, 0) is 25.0 Å². The van der Waals surface area contributed by atoms with Crippen LogP contribution in [0.2, 0.25) is 0 Å². The average Bonchev–Trinajstić information content (AvgIpc) is 2.42. The van der Waals surface area contributed by atoms with Gasteiger partial charge in [-0.25, -0.2) is 0 Å². The molecule has 2 atom stereocenters. The molecule has 6 N–H and O–H groups in total. The van der Waals surface area contributed by atoms with Gasteiger partial charge in [-0.1, -0.05) is 24.3 Å². The van der Waals surface area contributed by atoms with Crippen molar-refractivity contribution < 1.29 is 0 Å². The summed E-state index contributed by atoms with van der Waals surface area (Å²) in [5.74, 6) is 0. The van der Waals surface area contributed by atoms with Gasteiger partial charge in [-0.3, -0.25) is 0 Å². The molecule has 102 valence electrons. The van der Waals surface area contributed by atoms with Crippen molar-refractivity contribution in [3.63, 3.8) is 0 Å². The lowest BCUT2D eigenvalue weighted by Crippen LogP contribution is -2.26. The molecule has 1 rings (SSSR count). The monoisotopic (exact) mass is 250 g/mol. The van der Waals surface area contributed by atoms with Gasteiger partial charge in [0, 0.05) is 38.3 Å². The Morgan fingerprint density at radius 2 is 1.17 bits per heavy atom. The Balaban J connectivity index is 2.56. The molecule has 4 heteroatoms. The average molecular weight is 250 g/mol. The van der Waals surface area contributed by atoms with Gasteiger partial charge in [0.25, 0.3) is 0 Å². The number of hydrogen-bond donors (Lipinski definition) is 4. The van der Waals surface area contributed by atoms with Gasteiger partial charge < -0.3 is 22.1 Å². The van der Waals surface area contributed by atoms with E-state index < -0.39 is 0 Å². The van der Waals surface area contributed by atoms with Crippen molar-refractivity contribution in [2.24, 2.45) is 11.5 Å². The van der Waals surface area contributed by atoms with Crippen LogP contribution in [0.5, 0.6) is 0 Å². The summed E-state index contributed by atoms with van der Waals surface area (Å²) in [4.78, 5) is 0. The highest BCUT2D eigenvalue weighted by atomic mass is 14.9. The number of nitrogens with two attached hydrogens (primary N) is 2. The van der Waals surface area contributed by atoms with Gasteiger partial charge >= 0.3 is 0 Å². The molecule has 0 bridgehead atoms. The summed E-state index contributed by atoms with van der Waals surface area (Å²) in [6.45, 7) is 7.33. The zero-order valence-electron chi connectivity index (χ0n) is 11.4. The SMILES string of the molecule is CC(NCCN)c1ccc(C(C)NCCN)cc1. The highest BCUT2D eigenvalue weighted by molar-refractivity contribution is 5.26. The molecule has 0 heterocycles. The van der Waals surface area contributed by atoms with E-state index in [-0.39, 0.29) is 0 Å². The zero-order chi connectivity index (χ0) is 13.4. The summed E-state index contributed by atoms with van der Waals surface area (Å²) in [7, 11) is 0. The van der Waals surface area contributed by atoms with Crippen molar-refractivity contribution in [3.05, 3.63) is 35.4 Å². The molecule has 0 saturated carbocycles. The number of nitrogens with one attached hydrogen (secondary N) is 2. The minimum Gasteiger partial charge on any atom is -0.329 e. The van der Waals surface area contributed by atoms with Gasteiger partial charge in [-0.2, -0.15) is 0 Å². The predicted octanol–water partition coefficient (Wildman–Crippen LogP) is 0.905. The van der Waals surface area contributed by atoms with Crippen LogP contribution in [0.4, 0.5) is 0 Å². The summed E-state index contributed by atoms with van der Waals surface area (Å²) in [5.41, 5.74) is 13.5. The van der Waals surface area contributed by atoms with E-state index in [0.717, 1.165) is 13.1 Å². The predicted molar refractivity (Wildman–Crippen MR) is 77.4 cm³/mol. The van der Waals surface area contributed by atoms with Crippen LogP contribution in [-0.4, -0.2) is 26.2 Å². The van der Waals surface area contributed by atoms with Crippen molar-refractivity contribution in [1.29, 1.82) is 0 Å². The van der Waals surface area contributed by atoms with Crippen molar-refractivity contribution in [1.82, 2.24) is 10.6 Å². The van der Waals surface area contributed by atoms with Crippen LogP contribution in [0.1, 0.15) is 37.1 Å². The third-order valence-corrected chi connectivity index (χ3v) is 3.13. The largest absolute Gasteiger partial charge is 0.329 e. The van der Waals surface area contributed by atoms with Crippen molar-refractivity contribution in [2.45, 2.75) is 25.9 Å². The van der Waals surface area contributed by atoms with Gasteiger partial charge in [0.05, 0.1) is 0 Å². The molecule has 2 unspecified atom stereocenters. The van der Waals surface area contributed by atoms with Gasteiger partial charge in [0.1, 0.15) is 0 Å². The standard InChI is InChI=1S/C14H26N4/c1-11(17-9-7-15)13-3-5-14(6-4-13)12(2)18-10-8-16/h3-6,11-12,17-18H,7-10,15-16H2,1-2H3. The Kier molecular flexibility index (Phi) is 6.90. The van der Waals surface area contributed by atoms with Crippen LogP contribution >= 0.6 is 0 Å². The van der Waals surface area contributed by atoms with E-state index in [2.05, 4.69) is 48.7 Å². The molecule has 0 aromatic heterocycles. The second-order valence-electron chi connectivity index (χ2n) is 4.60. The molecular weight excluding hydrogens is 224 g/mol. The lowest BCUT2D eigenvalue weighted by molar-refractivity contribution is 0.574. The van der Waals surface area contributed by atoms with Crippen LogP contribution in [0, 0.1) is 0 Å². The number of rotatable bonds is 8. The second-order valence-corrected chi connectivity index (χ2v) is 4.60. The Bertz CT molecular complexity index is 290. The quantitative estimate of drug-likeness (QED) is 0.553. The molecular formula is C14H26N4. The van der Waals surface area contributed by atoms with E-state index in [0.29, 0.717) is 25.2 Å². The summed E-state index contributed by atoms with van der Waals surface area (Å²) in [6.07, 6.45) is 0. The molecule has 1 aromatic carbocycles. The Labute approximate surface area is 110 Å². The van der Waals surface area contributed by atoms with E-state index in [9.17, 15) is 0 Å². The van der Waals surface area contributed by atoms with Crippen LogP contribution in [0.15, 0.2) is 24.3 Å². The fourth-order valence-corrected chi connectivity index (χ4v) is 1.91. The van der Waals surface area contributed by atoms with Crippen LogP contribution in [0.25, 0.3) is 0 Å². The maximum Gasteiger partial charge on any atom is 0.0292 e. The van der Waals surface area contributed by atoms with E-state index in [1.165, 1.54) is 11.1 Å². The molecule has 0 aliphatic rings. The minimum absolute atomic E-state index is 0.343. The maximum absolute atomic E-state index is 5.48. The molecule has 18 heavy (non-hydrogen) atoms. The van der Waals surface area contributed by atoms with Crippen LogP contribution < -0.4 is 22.1 Å².